The summed E-state index contributed by atoms with van der Waals surface area (Å²) in [6, 6.07) is 0.262. The van der Waals surface area contributed by atoms with Crippen molar-refractivity contribution < 1.29 is 4.79 Å². The molecule has 1 rings (SSSR count). The van der Waals surface area contributed by atoms with Crippen molar-refractivity contribution in [3.05, 3.63) is 0 Å². The summed E-state index contributed by atoms with van der Waals surface area (Å²) in [7, 11) is 0. The third-order valence-corrected chi connectivity index (χ3v) is 4.46. The predicted molar refractivity (Wildman–Crippen MR) is 94.4 cm³/mol. The molecule has 21 heavy (non-hydrogen) atoms. The molecule has 0 aromatic rings. The molecular weight excluding hydrogens is 309 g/mol. The summed E-state index contributed by atoms with van der Waals surface area (Å²) in [5.74, 6) is 0.972. The second-order valence-electron chi connectivity index (χ2n) is 5.70. The van der Waals surface area contributed by atoms with Crippen LogP contribution >= 0.6 is 24.8 Å². The maximum atomic E-state index is 12.8. The first kappa shape index (κ1) is 23.2. The SMILES string of the molecule is CCC(C(=O)N1CCC(C)CC1CN)N(CC)CC.Cl.Cl. The van der Waals surface area contributed by atoms with Crippen molar-refractivity contribution in [1.29, 1.82) is 0 Å². The van der Waals surface area contributed by atoms with Crippen molar-refractivity contribution >= 4 is 30.7 Å². The summed E-state index contributed by atoms with van der Waals surface area (Å²) in [6.07, 6.45) is 3.04. The molecule has 2 N–H and O–H groups in total. The highest BCUT2D eigenvalue weighted by molar-refractivity contribution is 5.85. The van der Waals surface area contributed by atoms with E-state index in [1.165, 1.54) is 0 Å². The number of carbonyl (C=O) groups excluding carboxylic acids is 1. The van der Waals surface area contributed by atoms with E-state index >= 15 is 0 Å². The lowest BCUT2D eigenvalue weighted by Gasteiger charge is -2.41. The molecule has 1 saturated heterocycles. The number of rotatable bonds is 6. The van der Waals surface area contributed by atoms with E-state index in [1.54, 1.807) is 0 Å². The third-order valence-electron chi connectivity index (χ3n) is 4.46. The Balaban J connectivity index is 0. The number of hydrogen-bond acceptors (Lipinski definition) is 3. The van der Waals surface area contributed by atoms with Gasteiger partial charge in [-0.3, -0.25) is 9.69 Å². The number of likely N-dealkylation sites (N-methyl/N-ethyl adjacent to an activating group) is 1. The molecule has 4 nitrogen and oxygen atoms in total. The van der Waals surface area contributed by atoms with E-state index in [-0.39, 0.29) is 42.8 Å². The first-order chi connectivity index (χ1) is 9.08. The number of amides is 1. The van der Waals surface area contributed by atoms with Crippen molar-refractivity contribution in [2.75, 3.05) is 26.2 Å². The molecule has 0 aromatic carbocycles. The lowest BCUT2D eigenvalue weighted by atomic mass is 9.91. The van der Waals surface area contributed by atoms with Crippen LogP contribution in [0.1, 0.15) is 47.0 Å². The lowest BCUT2D eigenvalue weighted by Crippen LogP contribution is -2.56. The fourth-order valence-electron chi connectivity index (χ4n) is 3.21. The van der Waals surface area contributed by atoms with Gasteiger partial charge in [-0.15, -0.1) is 24.8 Å². The average molecular weight is 342 g/mol. The van der Waals surface area contributed by atoms with Crippen LogP contribution in [0.4, 0.5) is 0 Å². The molecule has 1 aliphatic heterocycles. The minimum Gasteiger partial charge on any atom is -0.337 e. The van der Waals surface area contributed by atoms with Gasteiger partial charge in [0.15, 0.2) is 0 Å². The van der Waals surface area contributed by atoms with Crippen molar-refractivity contribution in [3.63, 3.8) is 0 Å². The van der Waals surface area contributed by atoms with Gasteiger partial charge < -0.3 is 10.6 Å². The average Bonchev–Trinajstić information content (AvgIpc) is 2.43. The van der Waals surface area contributed by atoms with Crippen LogP contribution in [0, 0.1) is 5.92 Å². The Bertz CT molecular complexity index is 288. The van der Waals surface area contributed by atoms with Gasteiger partial charge in [-0.1, -0.05) is 27.7 Å². The Labute approximate surface area is 142 Å². The molecule has 0 aromatic heterocycles. The van der Waals surface area contributed by atoms with Crippen LogP contribution in [-0.4, -0.2) is 54.0 Å². The first-order valence-corrected chi connectivity index (χ1v) is 7.83. The van der Waals surface area contributed by atoms with E-state index in [4.69, 9.17) is 5.73 Å². The predicted octanol–water partition coefficient (Wildman–Crippen LogP) is 2.54. The summed E-state index contributed by atoms with van der Waals surface area (Å²) < 4.78 is 0. The van der Waals surface area contributed by atoms with Crippen molar-refractivity contribution in [2.24, 2.45) is 11.7 Å². The fourth-order valence-corrected chi connectivity index (χ4v) is 3.21. The van der Waals surface area contributed by atoms with Crippen LogP contribution in [0.15, 0.2) is 0 Å². The summed E-state index contributed by atoms with van der Waals surface area (Å²) in [5, 5.41) is 0. The normalized spacial score (nSPS) is 23.2. The zero-order valence-corrected chi connectivity index (χ0v) is 15.5. The van der Waals surface area contributed by atoms with Crippen LogP contribution in [0.5, 0.6) is 0 Å². The molecule has 3 atom stereocenters. The van der Waals surface area contributed by atoms with Crippen LogP contribution in [0.2, 0.25) is 0 Å². The maximum absolute atomic E-state index is 12.8. The quantitative estimate of drug-likeness (QED) is 0.807. The second-order valence-corrected chi connectivity index (χ2v) is 5.70. The molecule has 0 bridgehead atoms. The van der Waals surface area contributed by atoms with Gasteiger partial charge in [-0.2, -0.15) is 0 Å². The van der Waals surface area contributed by atoms with Gasteiger partial charge in [0, 0.05) is 19.1 Å². The van der Waals surface area contributed by atoms with E-state index in [2.05, 4.69) is 32.6 Å². The van der Waals surface area contributed by atoms with Crippen molar-refractivity contribution in [2.45, 2.75) is 59.0 Å². The number of piperidine rings is 1. The van der Waals surface area contributed by atoms with E-state index < -0.39 is 0 Å². The fraction of sp³-hybridized carbons (Fsp3) is 0.933. The van der Waals surface area contributed by atoms with E-state index in [0.29, 0.717) is 12.5 Å². The van der Waals surface area contributed by atoms with Crippen LogP contribution in [0.3, 0.4) is 0 Å². The van der Waals surface area contributed by atoms with Gasteiger partial charge in [0.2, 0.25) is 5.91 Å². The summed E-state index contributed by atoms with van der Waals surface area (Å²) in [4.78, 5) is 17.1. The lowest BCUT2D eigenvalue weighted by molar-refractivity contribution is -0.141. The molecule has 0 spiro atoms. The highest BCUT2D eigenvalue weighted by Gasteiger charge is 2.33. The summed E-state index contributed by atoms with van der Waals surface area (Å²) in [6.45, 7) is 11.9. The molecule has 6 heteroatoms. The van der Waals surface area contributed by atoms with Crippen LogP contribution in [0.25, 0.3) is 0 Å². The topological polar surface area (TPSA) is 49.6 Å². The summed E-state index contributed by atoms with van der Waals surface area (Å²) in [5.41, 5.74) is 5.87. The Kier molecular flexibility index (Phi) is 12.8. The molecule has 1 heterocycles. The van der Waals surface area contributed by atoms with E-state index in [1.807, 2.05) is 4.90 Å². The van der Waals surface area contributed by atoms with Crippen LogP contribution < -0.4 is 5.73 Å². The van der Waals surface area contributed by atoms with Gasteiger partial charge in [0.1, 0.15) is 0 Å². The van der Waals surface area contributed by atoms with Crippen molar-refractivity contribution in [3.8, 4) is 0 Å². The maximum Gasteiger partial charge on any atom is 0.240 e. The minimum atomic E-state index is 0. The van der Waals surface area contributed by atoms with Gasteiger partial charge in [-0.05, 0) is 38.3 Å². The van der Waals surface area contributed by atoms with Crippen molar-refractivity contribution in [1.82, 2.24) is 9.80 Å². The van der Waals surface area contributed by atoms with E-state index in [0.717, 1.165) is 38.9 Å². The van der Waals surface area contributed by atoms with Gasteiger partial charge in [-0.25, -0.2) is 0 Å². The van der Waals surface area contributed by atoms with Gasteiger partial charge in [0.05, 0.1) is 6.04 Å². The Morgan fingerprint density at radius 2 is 1.86 bits per heavy atom. The molecule has 0 saturated carbocycles. The minimum absolute atomic E-state index is 0. The number of nitrogens with two attached hydrogens (primary N) is 1. The molecule has 1 aliphatic rings. The second kappa shape index (κ2) is 11.5. The molecular formula is C15H33Cl2N3O. The standard InChI is InChI=1S/C15H31N3O.2ClH/c1-5-14(17(6-2)7-3)15(19)18-9-8-12(4)10-13(18)11-16;;/h12-14H,5-11,16H2,1-4H3;2*1H. The number of halogens is 2. The Hall–Kier alpha value is -0.0300. The molecule has 3 unspecified atom stereocenters. The molecule has 1 amide bonds. The highest BCUT2D eigenvalue weighted by Crippen LogP contribution is 2.23. The molecule has 0 aliphatic carbocycles. The number of hydrogen-bond donors (Lipinski definition) is 1. The first-order valence-electron chi connectivity index (χ1n) is 7.83. The third kappa shape index (κ3) is 5.93. The Morgan fingerprint density at radius 3 is 2.29 bits per heavy atom. The zero-order valence-electron chi connectivity index (χ0n) is 13.9. The number of nitrogens with zero attached hydrogens (tertiary/aromatic N) is 2. The van der Waals surface area contributed by atoms with Gasteiger partial charge >= 0.3 is 0 Å². The monoisotopic (exact) mass is 341 g/mol. The van der Waals surface area contributed by atoms with Gasteiger partial charge in [0.25, 0.3) is 0 Å². The largest absolute Gasteiger partial charge is 0.337 e. The summed E-state index contributed by atoms with van der Waals surface area (Å²) >= 11 is 0. The Morgan fingerprint density at radius 1 is 1.29 bits per heavy atom. The molecule has 1 fully saturated rings. The number of carbonyl (C=O) groups is 1. The zero-order chi connectivity index (χ0) is 14.4. The smallest absolute Gasteiger partial charge is 0.240 e. The highest BCUT2D eigenvalue weighted by atomic mass is 35.5. The molecule has 0 radical (unpaired) electrons. The molecule has 128 valence electrons. The van der Waals surface area contributed by atoms with Crippen LogP contribution in [-0.2, 0) is 4.79 Å². The van der Waals surface area contributed by atoms with E-state index in [9.17, 15) is 4.79 Å². The number of likely N-dealkylation sites (tertiary alicyclic amines) is 1.